The summed E-state index contributed by atoms with van der Waals surface area (Å²) in [5.74, 6) is -0.442. The van der Waals surface area contributed by atoms with Gasteiger partial charge in [-0.1, -0.05) is 17.7 Å². The summed E-state index contributed by atoms with van der Waals surface area (Å²) >= 11 is 6.22. The number of aromatic nitrogens is 2. The number of nitrogens with two attached hydrogens (primary N) is 1. The second-order valence-corrected chi connectivity index (χ2v) is 5.20. The van der Waals surface area contributed by atoms with Crippen LogP contribution in [0.5, 0.6) is 0 Å². The van der Waals surface area contributed by atoms with Crippen molar-refractivity contribution in [2.45, 2.75) is 19.3 Å². The molecule has 0 spiro atoms. The Kier molecular flexibility index (Phi) is 4.88. The lowest BCUT2D eigenvalue weighted by atomic mass is 9.93. The van der Waals surface area contributed by atoms with E-state index in [0.717, 1.165) is 16.7 Å². The lowest BCUT2D eigenvalue weighted by Crippen LogP contribution is -2.16. The van der Waals surface area contributed by atoms with Crippen molar-refractivity contribution < 1.29 is 9.90 Å². The number of nitrogens with zero attached hydrogens (tertiary/aromatic N) is 2. The Morgan fingerprint density at radius 1 is 1.38 bits per heavy atom. The van der Waals surface area contributed by atoms with E-state index in [2.05, 4.69) is 9.97 Å². The molecular weight excluding hydrogens is 290 g/mol. The molecule has 2 rings (SSSR count). The number of hydrogen-bond acceptors (Lipinski definition) is 4. The Morgan fingerprint density at radius 2 is 2.05 bits per heavy atom. The minimum Gasteiger partial charge on any atom is -0.481 e. The van der Waals surface area contributed by atoms with E-state index >= 15 is 0 Å². The molecule has 110 valence electrons. The molecule has 0 saturated heterocycles. The molecule has 0 amide bonds. The normalized spacial score (nSPS) is 12.1. The zero-order chi connectivity index (χ0) is 15.4. The molecule has 1 heterocycles. The van der Waals surface area contributed by atoms with Crippen molar-refractivity contribution in [2.24, 2.45) is 5.73 Å². The van der Waals surface area contributed by atoms with Crippen molar-refractivity contribution in [1.29, 1.82) is 0 Å². The maximum atomic E-state index is 10.9. The molecule has 1 atom stereocenters. The minimum absolute atomic E-state index is 0.0119. The molecule has 0 aliphatic carbocycles. The number of hydrogen-bond donors (Lipinski definition) is 2. The molecule has 0 radical (unpaired) electrons. The molecule has 1 aromatic heterocycles. The van der Waals surface area contributed by atoms with E-state index < -0.39 is 5.97 Å². The number of halogens is 1. The van der Waals surface area contributed by atoms with E-state index in [9.17, 15) is 4.79 Å². The fraction of sp³-hybridized carbons (Fsp3) is 0.267. The highest BCUT2D eigenvalue weighted by Crippen LogP contribution is 2.31. The summed E-state index contributed by atoms with van der Waals surface area (Å²) < 4.78 is 0. The summed E-state index contributed by atoms with van der Waals surface area (Å²) in [6.07, 6.45) is 3.38. The van der Waals surface area contributed by atoms with E-state index in [-0.39, 0.29) is 18.9 Å². The monoisotopic (exact) mass is 305 g/mol. The molecule has 5 nitrogen and oxygen atoms in total. The lowest BCUT2D eigenvalue weighted by Gasteiger charge is -2.15. The Bertz CT molecular complexity index is 644. The molecule has 0 aliphatic rings. The molecule has 0 unspecified atom stereocenters. The summed E-state index contributed by atoms with van der Waals surface area (Å²) in [6.45, 7) is 2.07. The van der Waals surface area contributed by atoms with Gasteiger partial charge in [0.05, 0.1) is 6.42 Å². The van der Waals surface area contributed by atoms with Gasteiger partial charge in [0.15, 0.2) is 0 Å². The van der Waals surface area contributed by atoms with Crippen LogP contribution in [0.2, 0.25) is 5.02 Å². The van der Waals surface area contributed by atoms with Crippen molar-refractivity contribution in [3.05, 3.63) is 47.0 Å². The largest absolute Gasteiger partial charge is 0.481 e. The number of carboxylic acid groups (broad SMARTS) is 1. The summed E-state index contributed by atoms with van der Waals surface area (Å²) in [4.78, 5) is 19.2. The predicted molar refractivity (Wildman–Crippen MR) is 81.3 cm³/mol. The van der Waals surface area contributed by atoms with Crippen molar-refractivity contribution >= 4 is 17.6 Å². The number of carboxylic acids is 1. The number of aryl methyl sites for hydroxylation is 1. The second kappa shape index (κ2) is 6.65. The van der Waals surface area contributed by atoms with Crippen molar-refractivity contribution in [2.75, 3.05) is 6.54 Å². The molecule has 6 heteroatoms. The standard InChI is InChI=1S/C15H16ClN3O2/c1-9-18-7-12(8-19-9)13-4-10(2-3-14(13)16)11(6-17)5-15(20)21/h2-4,7-8,11H,5-6,17H2,1H3,(H,20,21)/t11-/m0/s1. The number of carbonyl (C=O) groups is 1. The highest BCUT2D eigenvalue weighted by molar-refractivity contribution is 6.33. The van der Waals surface area contributed by atoms with Crippen molar-refractivity contribution in [1.82, 2.24) is 9.97 Å². The van der Waals surface area contributed by atoms with Crippen LogP contribution >= 0.6 is 11.6 Å². The average Bonchev–Trinajstić information content (AvgIpc) is 2.46. The fourth-order valence-corrected chi connectivity index (χ4v) is 2.32. The third-order valence-corrected chi connectivity index (χ3v) is 3.59. The van der Waals surface area contributed by atoms with Gasteiger partial charge in [-0.25, -0.2) is 9.97 Å². The van der Waals surface area contributed by atoms with Crippen LogP contribution in [0.4, 0.5) is 0 Å². The van der Waals surface area contributed by atoms with Crippen molar-refractivity contribution in [3.63, 3.8) is 0 Å². The summed E-state index contributed by atoms with van der Waals surface area (Å²) in [7, 11) is 0. The van der Waals surface area contributed by atoms with Gasteiger partial charge in [0.25, 0.3) is 0 Å². The van der Waals surface area contributed by atoms with Crippen LogP contribution in [-0.4, -0.2) is 27.6 Å². The molecular formula is C15H16ClN3O2. The van der Waals surface area contributed by atoms with Crippen molar-refractivity contribution in [3.8, 4) is 11.1 Å². The Labute approximate surface area is 127 Å². The predicted octanol–water partition coefficient (Wildman–Crippen LogP) is 2.62. The van der Waals surface area contributed by atoms with Crippen LogP contribution in [0, 0.1) is 6.92 Å². The van der Waals surface area contributed by atoms with Gasteiger partial charge in [0.2, 0.25) is 0 Å². The maximum Gasteiger partial charge on any atom is 0.304 e. The first-order valence-electron chi connectivity index (χ1n) is 6.51. The zero-order valence-electron chi connectivity index (χ0n) is 11.6. The van der Waals surface area contributed by atoms with Crippen LogP contribution in [-0.2, 0) is 4.79 Å². The van der Waals surface area contributed by atoms with E-state index in [1.807, 2.05) is 6.07 Å². The number of benzene rings is 1. The minimum atomic E-state index is -0.874. The van der Waals surface area contributed by atoms with Gasteiger partial charge >= 0.3 is 5.97 Å². The zero-order valence-corrected chi connectivity index (χ0v) is 12.3. The highest BCUT2D eigenvalue weighted by atomic mass is 35.5. The van der Waals surface area contributed by atoms with E-state index in [4.69, 9.17) is 22.4 Å². The molecule has 0 aliphatic heterocycles. The van der Waals surface area contributed by atoms with Crippen LogP contribution < -0.4 is 5.73 Å². The first kappa shape index (κ1) is 15.4. The molecule has 2 aromatic rings. The maximum absolute atomic E-state index is 10.9. The van der Waals surface area contributed by atoms with Gasteiger partial charge in [-0.2, -0.15) is 0 Å². The lowest BCUT2D eigenvalue weighted by molar-refractivity contribution is -0.137. The van der Waals surface area contributed by atoms with Crippen LogP contribution in [0.25, 0.3) is 11.1 Å². The van der Waals surface area contributed by atoms with E-state index in [1.54, 1.807) is 31.5 Å². The molecule has 3 N–H and O–H groups in total. The third-order valence-electron chi connectivity index (χ3n) is 3.26. The second-order valence-electron chi connectivity index (χ2n) is 4.79. The average molecular weight is 306 g/mol. The third kappa shape index (κ3) is 3.77. The van der Waals surface area contributed by atoms with E-state index in [1.165, 1.54) is 0 Å². The Hall–Kier alpha value is -1.98. The van der Waals surface area contributed by atoms with Gasteiger partial charge < -0.3 is 10.8 Å². The Morgan fingerprint density at radius 3 is 2.62 bits per heavy atom. The summed E-state index contributed by atoms with van der Waals surface area (Å²) in [5, 5.41) is 9.51. The highest BCUT2D eigenvalue weighted by Gasteiger charge is 2.16. The topological polar surface area (TPSA) is 89.1 Å². The molecule has 1 aromatic carbocycles. The molecule has 0 saturated carbocycles. The fourth-order valence-electron chi connectivity index (χ4n) is 2.10. The van der Waals surface area contributed by atoms with Crippen LogP contribution in [0.1, 0.15) is 23.7 Å². The quantitative estimate of drug-likeness (QED) is 0.886. The first-order valence-corrected chi connectivity index (χ1v) is 6.89. The smallest absolute Gasteiger partial charge is 0.304 e. The van der Waals surface area contributed by atoms with Gasteiger partial charge in [-0.15, -0.1) is 0 Å². The molecule has 0 bridgehead atoms. The molecule has 21 heavy (non-hydrogen) atoms. The van der Waals surface area contributed by atoms with Gasteiger partial charge in [-0.05, 0) is 31.2 Å². The number of aliphatic carboxylic acids is 1. The van der Waals surface area contributed by atoms with Gasteiger partial charge in [-0.3, -0.25) is 4.79 Å². The van der Waals surface area contributed by atoms with Crippen LogP contribution in [0.3, 0.4) is 0 Å². The SMILES string of the molecule is Cc1ncc(-c2cc([C@H](CN)CC(=O)O)ccc2Cl)cn1. The van der Waals surface area contributed by atoms with Crippen LogP contribution in [0.15, 0.2) is 30.6 Å². The Balaban J connectivity index is 2.41. The summed E-state index contributed by atoms with van der Waals surface area (Å²) in [6, 6.07) is 5.41. The summed E-state index contributed by atoms with van der Waals surface area (Å²) in [5.41, 5.74) is 8.09. The van der Waals surface area contributed by atoms with E-state index in [0.29, 0.717) is 10.8 Å². The number of rotatable bonds is 5. The molecule has 0 fully saturated rings. The van der Waals surface area contributed by atoms with Gasteiger partial charge in [0.1, 0.15) is 5.82 Å². The first-order chi connectivity index (χ1) is 10.0. The van der Waals surface area contributed by atoms with Gasteiger partial charge in [0, 0.05) is 34.5 Å².